The van der Waals surface area contributed by atoms with E-state index >= 15 is 0 Å². The molecule has 1 aromatic carbocycles. The lowest BCUT2D eigenvalue weighted by atomic mass is 9.97. The number of hydrogen-bond donors (Lipinski definition) is 1. The van der Waals surface area contributed by atoms with E-state index in [1.165, 1.54) is 6.07 Å². The summed E-state index contributed by atoms with van der Waals surface area (Å²) in [6.45, 7) is 5.69. The van der Waals surface area contributed by atoms with Crippen molar-refractivity contribution in [2.75, 3.05) is 13.2 Å². The van der Waals surface area contributed by atoms with Gasteiger partial charge in [0.15, 0.2) is 0 Å². The van der Waals surface area contributed by atoms with Gasteiger partial charge in [-0.25, -0.2) is 4.39 Å². The van der Waals surface area contributed by atoms with Gasteiger partial charge in [0, 0.05) is 18.0 Å². The Kier molecular flexibility index (Phi) is 3.44. The molecule has 2 rings (SSSR count). The van der Waals surface area contributed by atoms with Gasteiger partial charge in [0.1, 0.15) is 11.6 Å². The molecular formula is C13H18FNO. The van der Waals surface area contributed by atoms with E-state index in [2.05, 4.69) is 12.2 Å². The monoisotopic (exact) mass is 223 g/mol. The lowest BCUT2D eigenvalue weighted by Gasteiger charge is -2.28. The van der Waals surface area contributed by atoms with Crippen molar-refractivity contribution in [3.8, 4) is 5.75 Å². The third-order valence-electron chi connectivity index (χ3n) is 2.94. The second-order valence-corrected chi connectivity index (χ2v) is 4.28. The van der Waals surface area contributed by atoms with Crippen molar-refractivity contribution >= 4 is 0 Å². The van der Waals surface area contributed by atoms with Crippen LogP contribution in [0.25, 0.3) is 0 Å². The van der Waals surface area contributed by atoms with E-state index in [1.807, 2.05) is 6.92 Å². The number of fused-ring (bicyclic) bond motifs is 1. The molecule has 0 bridgehead atoms. The van der Waals surface area contributed by atoms with Crippen LogP contribution in [-0.4, -0.2) is 13.2 Å². The summed E-state index contributed by atoms with van der Waals surface area (Å²) in [5.74, 6) is 0.686. The van der Waals surface area contributed by atoms with Crippen LogP contribution >= 0.6 is 0 Å². The molecule has 0 amide bonds. The Morgan fingerprint density at radius 2 is 2.31 bits per heavy atom. The summed E-state index contributed by atoms with van der Waals surface area (Å²) in [7, 11) is 0. The van der Waals surface area contributed by atoms with E-state index in [0.717, 1.165) is 36.3 Å². The molecule has 88 valence electrons. The van der Waals surface area contributed by atoms with Gasteiger partial charge < -0.3 is 10.1 Å². The third kappa shape index (κ3) is 2.19. The third-order valence-corrected chi connectivity index (χ3v) is 2.94. The van der Waals surface area contributed by atoms with Gasteiger partial charge in [0.05, 0.1) is 6.61 Å². The predicted molar refractivity (Wildman–Crippen MR) is 62.3 cm³/mol. The zero-order valence-corrected chi connectivity index (χ0v) is 9.85. The molecule has 0 saturated carbocycles. The van der Waals surface area contributed by atoms with Crippen molar-refractivity contribution in [2.45, 2.75) is 32.7 Å². The molecule has 1 aliphatic rings. The van der Waals surface area contributed by atoms with Crippen molar-refractivity contribution in [1.29, 1.82) is 0 Å². The summed E-state index contributed by atoms with van der Waals surface area (Å²) in [6, 6.07) is 3.36. The Balaban J connectivity index is 2.30. The van der Waals surface area contributed by atoms with Crippen LogP contribution in [0.1, 0.15) is 36.9 Å². The van der Waals surface area contributed by atoms with Crippen LogP contribution in [0.3, 0.4) is 0 Å². The van der Waals surface area contributed by atoms with E-state index in [-0.39, 0.29) is 11.9 Å². The summed E-state index contributed by atoms with van der Waals surface area (Å²) >= 11 is 0. The second-order valence-electron chi connectivity index (χ2n) is 4.28. The first-order valence-electron chi connectivity index (χ1n) is 5.88. The molecule has 1 unspecified atom stereocenters. The van der Waals surface area contributed by atoms with Crippen LogP contribution in [0.2, 0.25) is 0 Å². The summed E-state index contributed by atoms with van der Waals surface area (Å²) in [4.78, 5) is 0. The fourth-order valence-electron chi connectivity index (χ4n) is 2.18. The highest BCUT2D eigenvalue weighted by molar-refractivity contribution is 5.44. The van der Waals surface area contributed by atoms with Crippen LogP contribution in [-0.2, 0) is 0 Å². The van der Waals surface area contributed by atoms with Gasteiger partial charge in [-0.1, -0.05) is 6.92 Å². The van der Waals surface area contributed by atoms with Crippen LogP contribution in [0.5, 0.6) is 5.75 Å². The maximum atomic E-state index is 13.4. The molecule has 16 heavy (non-hydrogen) atoms. The summed E-state index contributed by atoms with van der Waals surface area (Å²) in [5.41, 5.74) is 1.86. The molecule has 0 aliphatic carbocycles. The van der Waals surface area contributed by atoms with Crippen molar-refractivity contribution in [3.05, 3.63) is 29.1 Å². The number of benzene rings is 1. The lowest BCUT2D eigenvalue weighted by molar-refractivity contribution is 0.250. The van der Waals surface area contributed by atoms with Crippen LogP contribution < -0.4 is 10.1 Å². The van der Waals surface area contributed by atoms with Crippen molar-refractivity contribution in [3.63, 3.8) is 0 Å². The minimum atomic E-state index is -0.176. The maximum Gasteiger partial charge on any atom is 0.127 e. The molecule has 0 radical (unpaired) electrons. The van der Waals surface area contributed by atoms with Gasteiger partial charge in [-0.3, -0.25) is 0 Å². The molecule has 1 aromatic rings. The van der Waals surface area contributed by atoms with Gasteiger partial charge in [0.2, 0.25) is 0 Å². The molecule has 0 aromatic heterocycles. The number of nitrogens with one attached hydrogen (secondary N) is 1. The van der Waals surface area contributed by atoms with Crippen LogP contribution in [0.15, 0.2) is 12.1 Å². The highest BCUT2D eigenvalue weighted by Crippen LogP contribution is 2.35. The Hall–Kier alpha value is -1.09. The van der Waals surface area contributed by atoms with E-state index in [9.17, 15) is 4.39 Å². The molecule has 0 spiro atoms. The Bertz CT molecular complexity index is 378. The average molecular weight is 223 g/mol. The fourth-order valence-corrected chi connectivity index (χ4v) is 2.18. The first-order valence-corrected chi connectivity index (χ1v) is 5.88. The summed E-state index contributed by atoms with van der Waals surface area (Å²) in [6.07, 6.45) is 2.00. The van der Waals surface area contributed by atoms with E-state index in [1.54, 1.807) is 6.07 Å². The van der Waals surface area contributed by atoms with E-state index in [0.29, 0.717) is 6.61 Å². The highest BCUT2D eigenvalue weighted by Gasteiger charge is 2.23. The first kappa shape index (κ1) is 11.4. The number of ether oxygens (including phenoxy) is 1. The van der Waals surface area contributed by atoms with E-state index < -0.39 is 0 Å². The Labute approximate surface area is 95.8 Å². The Morgan fingerprint density at radius 1 is 1.50 bits per heavy atom. The first-order chi connectivity index (χ1) is 7.72. The van der Waals surface area contributed by atoms with Gasteiger partial charge in [-0.05, 0) is 37.6 Å². The second kappa shape index (κ2) is 4.83. The minimum absolute atomic E-state index is 0.176. The molecule has 3 heteroatoms. The summed E-state index contributed by atoms with van der Waals surface area (Å²) in [5, 5.41) is 3.44. The van der Waals surface area contributed by atoms with Crippen molar-refractivity contribution < 1.29 is 9.13 Å². The molecule has 1 atom stereocenters. The number of halogens is 1. The topological polar surface area (TPSA) is 21.3 Å². The normalized spacial score (nSPS) is 19.1. The molecule has 1 heterocycles. The van der Waals surface area contributed by atoms with Crippen LogP contribution in [0, 0.1) is 12.7 Å². The zero-order valence-electron chi connectivity index (χ0n) is 9.85. The molecule has 0 fully saturated rings. The van der Waals surface area contributed by atoms with Gasteiger partial charge in [-0.2, -0.15) is 0 Å². The predicted octanol–water partition coefficient (Wildman–Crippen LogP) is 2.96. The molecule has 2 nitrogen and oxygen atoms in total. The van der Waals surface area contributed by atoms with E-state index in [4.69, 9.17) is 4.74 Å². The molecular weight excluding hydrogens is 205 g/mol. The zero-order chi connectivity index (χ0) is 11.5. The molecule has 0 saturated heterocycles. The minimum Gasteiger partial charge on any atom is -0.493 e. The largest absolute Gasteiger partial charge is 0.493 e. The van der Waals surface area contributed by atoms with Crippen molar-refractivity contribution in [1.82, 2.24) is 5.32 Å². The standard InChI is InChI=1S/C13H18FNO/c1-3-5-15-12-4-6-16-13-9(2)7-10(14)8-11(12)13/h7-8,12,15H,3-6H2,1-2H3. The fraction of sp³-hybridized carbons (Fsp3) is 0.538. The lowest BCUT2D eigenvalue weighted by Crippen LogP contribution is -2.28. The number of hydrogen-bond acceptors (Lipinski definition) is 2. The van der Waals surface area contributed by atoms with Gasteiger partial charge in [0.25, 0.3) is 0 Å². The van der Waals surface area contributed by atoms with Gasteiger partial charge >= 0.3 is 0 Å². The van der Waals surface area contributed by atoms with Crippen molar-refractivity contribution in [2.24, 2.45) is 0 Å². The average Bonchev–Trinajstić information content (AvgIpc) is 2.26. The molecule has 1 N–H and O–H groups in total. The quantitative estimate of drug-likeness (QED) is 0.850. The van der Waals surface area contributed by atoms with Crippen LogP contribution in [0.4, 0.5) is 4.39 Å². The molecule has 1 aliphatic heterocycles. The SMILES string of the molecule is CCCNC1CCOc2c(C)cc(F)cc21. The smallest absolute Gasteiger partial charge is 0.127 e. The Morgan fingerprint density at radius 3 is 3.06 bits per heavy atom. The number of aryl methyl sites for hydroxylation is 1. The number of rotatable bonds is 3. The highest BCUT2D eigenvalue weighted by atomic mass is 19.1. The maximum absolute atomic E-state index is 13.4. The van der Waals surface area contributed by atoms with Gasteiger partial charge in [-0.15, -0.1) is 0 Å². The summed E-state index contributed by atoms with van der Waals surface area (Å²) < 4.78 is 19.0.